The summed E-state index contributed by atoms with van der Waals surface area (Å²) in [5.74, 6) is -8.21. The van der Waals surface area contributed by atoms with Gasteiger partial charge in [0.25, 0.3) is 5.91 Å². The summed E-state index contributed by atoms with van der Waals surface area (Å²) in [6.45, 7) is 8.09. The van der Waals surface area contributed by atoms with Crippen molar-refractivity contribution in [2.75, 3.05) is 7.11 Å². The van der Waals surface area contributed by atoms with E-state index >= 15 is 0 Å². The van der Waals surface area contributed by atoms with Crippen LogP contribution in [0.2, 0.25) is 0 Å². The summed E-state index contributed by atoms with van der Waals surface area (Å²) in [7, 11) is 1.26. The fraction of sp³-hybridized carbons (Fsp3) is 0.600. The van der Waals surface area contributed by atoms with Crippen LogP contribution in [0.15, 0.2) is 23.1 Å². The normalized spacial score (nSPS) is 23.0. The lowest BCUT2D eigenvalue weighted by molar-refractivity contribution is -0.0980. The van der Waals surface area contributed by atoms with Gasteiger partial charge in [-0.15, -0.1) is 0 Å². The van der Waals surface area contributed by atoms with Crippen LogP contribution in [0, 0.1) is 5.41 Å². The lowest BCUT2D eigenvalue weighted by Gasteiger charge is -2.46. The Morgan fingerprint density at radius 3 is 2.09 bits per heavy atom. The average molecular weight is 471 g/mol. The Morgan fingerprint density at radius 2 is 1.66 bits per heavy atom. The number of rotatable bonds is 4. The molecule has 12 heteroatoms. The van der Waals surface area contributed by atoms with E-state index in [1.165, 1.54) is 7.11 Å². The summed E-state index contributed by atoms with van der Waals surface area (Å²) < 4.78 is 102. The van der Waals surface area contributed by atoms with Crippen molar-refractivity contribution in [2.24, 2.45) is 5.41 Å². The molecule has 1 aromatic heterocycles. The number of alkyl halides is 4. The third kappa shape index (κ3) is 3.88. The fourth-order valence-corrected chi connectivity index (χ4v) is 3.45. The van der Waals surface area contributed by atoms with Gasteiger partial charge in [-0.1, -0.05) is 20.8 Å². The van der Waals surface area contributed by atoms with Crippen LogP contribution in [-0.4, -0.2) is 41.1 Å². The van der Waals surface area contributed by atoms with E-state index in [9.17, 15) is 35.5 Å². The number of ether oxygens (including phenoxy) is 1. The van der Waals surface area contributed by atoms with Crippen molar-refractivity contribution in [2.45, 2.75) is 64.8 Å². The second kappa shape index (κ2) is 7.80. The predicted octanol–water partition coefficient (Wildman–Crippen LogP) is 5.52. The SMILES string of the molecule is COc1c(C(C)(C)C)n[nH]c1C(=O)NC(C)(C)C1(C)C(F)=C(F)C(C(F)(F)F)=C(F)C1F. The number of allylic oxidation sites excluding steroid dienone is 3. The topological polar surface area (TPSA) is 67.0 Å². The van der Waals surface area contributed by atoms with Gasteiger partial charge >= 0.3 is 6.18 Å². The monoisotopic (exact) mass is 471 g/mol. The van der Waals surface area contributed by atoms with Gasteiger partial charge in [-0.25, -0.2) is 17.6 Å². The van der Waals surface area contributed by atoms with Crippen LogP contribution in [-0.2, 0) is 5.41 Å². The first-order valence-corrected chi connectivity index (χ1v) is 9.44. The molecule has 2 atom stereocenters. The summed E-state index contributed by atoms with van der Waals surface area (Å²) in [6, 6.07) is 0. The van der Waals surface area contributed by atoms with Gasteiger partial charge in [0, 0.05) is 11.0 Å². The first-order valence-electron chi connectivity index (χ1n) is 9.44. The molecule has 180 valence electrons. The lowest BCUT2D eigenvalue weighted by Crippen LogP contribution is -2.60. The second-order valence-electron chi connectivity index (χ2n) is 9.22. The van der Waals surface area contributed by atoms with Crippen LogP contribution in [0.4, 0.5) is 30.7 Å². The zero-order valence-electron chi connectivity index (χ0n) is 18.5. The minimum atomic E-state index is -5.66. The van der Waals surface area contributed by atoms with E-state index in [1.54, 1.807) is 20.8 Å². The molecule has 0 saturated heterocycles. The molecule has 0 bridgehead atoms. The molecule has 0 aliphatic heterocycles. The molecule has 2 rings (SSSR count). The quantitative estimate of drug-likeness (QED) is 0.569. The van der Waals surface area contributed by atoms with Crippen molar-refractivity contribution in [3.63, 3.8) is 0 Å². The Labute approximate surface area is 180 Å². The molecule has 1 heterocycles. The second-order valence-corrected chi connectivity index (χ2v) is 9.22. The number of nitrogens with zero attached hydrogens (tertiary/aromatic N) is 1. The zero-order valence-corrected chi connectivity index (χ0v) is 18.5. The van der Waals surface area contributed by atoms with Crippen LogP contribution >= 0.6 is 0 Å². The Hall–Kier alpha value is -2.53. The number of methoxy groups -OCH3 is 1. The summed E-state index contributed by atoms with van der Waals surface area (Å²) >= 11 is 0. The number of aromatic amines is 1. The molecule has 0 aromatic carbocycles. The number of carbonyl (C=O) groups is 1. The number of carbonyl (C=O) groups excluding carboxylic acids is 1. The average Bonchev–Trinajstić information content (AvgIpc) is 3.08. The molecule has 32 heavy (non-hydrogen) atoms. The van der Waals surface area contributed by atoms with Crippen molar-refractivity contribution < 1.29 is 40.3 Å². The van der Waals surface area contributed by atoms with Crippen molar-refractivity contribution >= 4 is 5.91 Å². The number of nitrogens with one attached hydrogen (secondary N) is 2. The first-order chi connectivity index (χ1) is 14.3. The van der Waals surface area contributed by atoms with Crippen LogP contribution in [0.1, 0.15) is 57.7 Å². The van der Waals surface area contributed by atoms with Gasteiger partial charge in [0.05, 0.1) is 12.5 Å². The highest BCUT2D eigenvalue weighted by molar-refractivity contribution is 5.96. The van der Waals surface area contributed by atoms with Crippen molar-refractivity contribution in [1.82, 2.24) is 15.5 Å². The van der Waals surface area contributed by atoms with Gasteiger partial charge in [-0.2, -0.15) is 18.3 Å². The summed E-state index contributed by atoms with van der Waals surface area (Å²) in [5.41, 5.74) is -8.04. The number of H-pyrrole nitrogens is 1. The van der Waals surface area contributed by atoms with Crippen molar-refractivity contribution in [3.8, 4) is 5.75 Å². The van der Waals surface area contributed by atoms with Crippen LogP contribution in [0.5, 0.6) is 5.75 Å². The van der Waals surface area contributed by atoms with E-state index in [-0.39, 0.29) is 11.4 Å². The van der Waals surface area contributed by atoms with Gasteiger partial charge in [0.1, 0.15) is 17.1 Å². The van der Waals surface area contributed by atoms with Crippen LogP contribution in [0.3, 0.4) is 0 Å². The standard InChI is InChI=1S/C20H24F7N3O2/c1-17(2,3)15-12(32-7)11(29-30-15)16(31)28-18(4,5)19(6)13(23)9(21)8(20(25,26)27)10(22)14(19)24/h13H,1-7H3,(H,28,31)(H,29,30). The molecule has 1 aromatic rings. The minimum Gasteiger partial charge on any atom is -0.492 e. The molecule has 1 amide bonds. The maximum atomic E-state index is 14.9. The Kier molecular flexibility index (Phi) is 6.27. The van der Waals surface area contributed by atoms with E-state index in [4.69, 9.17) is 4.74 Å². The molecule has 2 unspecified atom stereocenters. The molecule has 1 aliphatic rings. The third-order valence-electron chi connectivity index (χ3n) is 5.71. The van der Waals surface area contributed by atoms with Crippen molar-refractivity contribution in [3.05, 3.63) is 34.4 Å². The fourth-order valence-electron chi connectivity index (χ4n) is 3.45. The molecule has 0 fully saturated rings. The van der Waals surface area contributed by atoms with E-state index in [1.807, 2.05) is 0 Å². The van der Waals surface area contributed by atoms with E-state index in [0.29, 0.717) is 12.6 Å². The smallest absolute Gasteiger partial charge is 0.421 e. The molecule has 5 nitrogen and oxygen atoms in total. The number of amides is 1. The van der Waals surface area contributed by atoms with E-state index in [2.05, 4.69) is 15.5 Å². The Balaban J connectivity index is 2.52. The first kappa shape index (κ1) is 25.7. The van der Waals surface area contributed by atoms with E-state index < -0.39 is 57.7 Å². The number of hydrogen-bond acceptors (Lipinski definition) is 3. The molecule has 1 aliphatic carbocycles. The summed E-state index contributed by atoms with van der Waals surface area (Å²) in [6.07, 6.45) is -8.89. The highest BCUT2D eigenvalue weighted by Crippen LogP contribution is 2.55. The van der Waals surface area contributed by atoms with E-state index in [0.717, 1.165) is 13.8 Å². The van der Waals surface area contributed by atoms with Gasteiger partial charge in [-0.3, -0.25) is 9.89 Å². The molecular formula is C20H24F7N3O2. The van der Waals surface area contributed by atoms with Crippen LogP contribution < -0.4 is 10.1 Å². The lowest BCUT2D eigenvalue weighted by atomic mass is 9.65. The van der Waals surface area contributed by atoms with Gasteiger partial charge < -0.3 is 10.1 Å². The Bertz CT molecular complexity index is 986. The zero-order chi connectivity index (χ0) is 25.0. The van der Waals surface area contributed by atoms with Gasteiger partial charge in [0.2, 0.25) is 0 Å². The summed E-state index contributed by atoms with van der Waals surface area (Å²) in [4.78, 5) is 12.9. The maximum absolute atomic E-state index is 14.9. The summed E-state index contributed by atoms with van der Waals surface area (Å²) in [5, 5.41) is 8.69. The Morgan fingerprint density at radius 1 is 1.12 bits per heavy atom. The molecule has 0 saturated carbocycles. The van der Waals surface area contributed by atoms with Gasteiger partial charge in [-0.05, 0) is 20.8 Å². The number of hydrogen-bond donors (Lipinski definition) is 2. The van der Waals surface area contributed by atoms with Crippen molar-refractivity contribution in [1.29, 1.82) is 0 Å². The molecular weight excluding hydrogens is 447 g/mol. The molecule has 2 N–H and O–H groups in total. The number of aromatic nitrogens is 2. The molecule has 0 spiro atoms. The highest BCUT2D eigenvalue weighted by Gasteiger charge is 2.61. The van der Waals surface area contributed by atoms with Crippen LogP contribution in [0.25, 0.3) is 0 Å². The third-order valence-corrected chi connectivity index (χ3v) is 5.71. The highest BCUT2D eigenvalue weighted by atomic mass is 19.4. The largest absolute Gasteiger partial charge is 0.492 e. The maximum Gasteiger partial charge on any atom is 0.421 e. The predicted molar refractivity (Wildman–Crippen MR) is 102 cm³/mol. The number of halogens is 7. The molecule has 0 radical (unpaired) electrons. The van der Waals surface area contributed by atoms with Gasteiger partial charge in [0.15, 0.2) is 29.3 Å². The minimum absolute atomic E-state index is 0.0315.